The lowest BCUT2D eigenvalue weighted by Crippen LogP contribution is -2.35. The first kappa shape index (κ1) is 13.3. The van der Waals surface area contributed by atoms with Gasteiger partial charge in [0, 0.05) is 25.9 Å². The number of imidazole rings is 1. The van der Waals surface area contributed by atoms with Gasteiger partial charge in [0.05, 0.1) is 6.42 Å². The number of hydrogen-bond acceptors (Lipinski definition) is 3. The number of nitrogens with zero attached hydrogens (tertiary/aromatic N) is 2. The van der Waals surface area contributed by atoms with Crippen molar-refractivity contribution in [2.45, 2.75) is 44.9 Å². The summed E-state index contributed by atoms with van der Waals surface area (Å²) in [6.07, 6.45) is 10.6. The molecule has 1 saturated carbocycles. The summed E-state index contributed by atoms with van der Waals surface area (Å²) < 4.78 is 1.91. The number of hydrogen-bond donors (Lipinski definition) is 1. The molecule has 1 aromatic rings. The lowest BCUT2D eigenvalue weighted by Gasteiger charge is -2.35. The third-order valence-electron chi connectivity index (χ3n) is 4.20. The van der Waals surface area contributed by atoms with E-state index in [1.54, 1.807) is 6.20 Å². The molecule has 1 aliphatic carbocycles. The fourth-order valence-corrected chi connectivity index (χ4v) is 2.98. The Morgan fingerprint density at radius 3 is 2.72 bits per heavy atom. The summed E-state index contributed by atoms with van der Waals surface area (Å²) in [4.78, 5) is 16.4. The summed E-state index contributed by atoms with van der Waals surface area (Å²) >= 11 is 0. The van der Waals surface area contributed by atoms with Crippen molar-refractivity contribution in [2.75, 3.05) is 6.54 Å². The van der Waals surface area contributed by atoms with E-state index in [-0.39, 0.29) is 11.2 Å². The van der Waals surface area contributed by atoms with E-state index in [1.165, 1.54) is 19.3 Å². The van der Waals surface area contributed by atoms with Crippen LogP contribution in [0.2, 0.25) is 0 Å². The number of ketones is 1. The highest BCUT2D eigenvalue weighted by Gasteiger charge is 2.32. The Bertz CT molecular complexity index is 405. The summed E-state index contributed by atoms with van der Waals surface area (Å²) in [5, 5.41) is 0. The largest absolute Gasteiger partial charge is 0.338 e. The highest BCUT2D eigenvalue weighted by atomic mass is 16.1. The maximum atomic E-state index is 12.2. The molecule has 0 aromatic carbocycles. The quantitative estimate of drug-likeness (QED) is 0.866. The van der Waals surface area contributed by atoms with Gasteiger partial charge in [-0.05, 0) is 24.8 Å². The average Bonchev–Trinajstić information content (AvgIpc) is 2.76. The maximum absolute atomic E-state index is 12.2. The van der Waals surface area contributed by atoms with Crippen LogP contribution in [0.1, 0.15) is 44.3 Å². The second kappa shape index (κ2) is 5.65. The number of nitrogens with two attached hydrogens (primary N) is 1. The molecule has 2 N–H and O–H groups in total. The topological polar surface area (TPSA) is 60.9 Å². The van der Waals surface area contributed by atoms with Crippen LogP contribution in [-0.2, 0) is 18.3 Å². The molecule has 0 aliphatic heterocycles. The third-order valence-corrected chi connectivity index (χ3v) is 4.20. The van der Waals surface area contributed by atoms with Crippen molar-refractivity contribution in [3.05, 3.63) is 18.2 Å². The molecule has 0 atom stereocenters. The Balaban J connectivity index is 1.95. The molecular weight excluding hydrogens is 226 g/mol. The van der Waals surface area contributed by atoms with Crippen molar-refractivity contribution in [1.29, 1.82) is 0 Å². The van der Waals surface area contributed by atoms with Gasteiger partial charge in [-0.1, -0.05) is 19.3 Å². The molecular formula is C14H23N3O. The summed E-state index contributed by atoms with van der Waals surface area (Å²) in [6.45, 7) is 0.638. The van der Waals surface area contributed by atoms with Crippen molar-refractivity contribution in [1.82, 2.24) is 9.55 Å². The van der Waals surface area contributed by atoms with E-state index in [2.05, 4.69) is 4.98 Å². The zero-order chi connectivity index (χ0) is 13.0. The van der Waals surface area contributed by atoms with Gasteiger partial charge in [-0.15, -0.1) is 0 Å². The van der Waals surface area contributed by atoms with Gasteiger partial charge in [0.25, 0.3) is 0 Å². The Labute approximate surface area is 109 Å². The highest BCUT2D eigenvalue weighted by Crippen LogP contribution is 2.38. The van der Waals surface area contributed by atoms with Gasteiger partial charge in [0.2, 0.25) is 0 Å². The molecule has 4 nitrogen and oxygen atoms in total. The van der Waals surface area contributed by atoms with Crippen LogP contribution in [-0.4, -0.2) is 21.9 Å². The van der Waals surface area contributed by atoms with Gasteiger partial charge in [-0.25, -0.2) is 4.98 Å². The number of carbonyl (C=O) groups excluding carboxylic acids is 1. The molecule has 100 valence electrons. The number of rotatable bonds is 5. The van der Waals surface area contributed by atoms with Crippen LogP contribution in [0, 0.1) is 5.41 Å². The van der Waals surface area contributed by atoms with Crippen molar-refractivity contribution < 1.29 is 4.79 Å². The van der Waals surface area contributed by atoms with Gasteiger partial charge in [-0.3, -0.25) is 4.79 Å². The van der Waals surface area contributed by atoms with Crippen LogP contribution in [0.15, 0.2) is 12.4 Å². The van der Waals surface area contributed by atoms with E-state index in [1.807, 2.05) is 17.8 Å². The zero-order valence-corrected chi connectivity index (χ0v) is 11.2. The fourth-order valence-electron chi connectivity index (χ4n) is 2.98. The van der Waals surface area contributed by atoms with Crippen molar-refractivity contribution in [3.63, 3.8) is 0 Å². The van der Waals surface area contributed by atoms with Crippen molar-refractivity contribution >= 4 is 5.78 Å². The van der Waals surface area contributed by atoms with E-state index in [4.69, 9.17) is 5.73 Å². The van der Waals surface area contributed by atoms with E-state index in [0.717, 1.165) is 18.7 Å². The normalized spacial score (nSPS) is 18.8. The average molecular weight is 249 g/mol. The zero-order valence-electron chi connectivity index (χ0n) is 11.2. The van der Waals surface area contributed by atoms with Crippen LogP contribution < -0.4 is 5.73 Å². The Hall–Kier alpha value is -1.16. The van der Waals surface area contributed by atoms with Crippen LogP contribution in [0.5, 0.6) is 0 Å². The smallest absolute Gasteiger partial charge is 0.141 e. The Kier molecular flexibility index (Phi) is 4.17. The summed E-state index contributed by atoms with van der Waals surface area (Å²) in [7, 11) is 1.93. The second-order valence-electron chi connectivity index (χ2n) is 5.61. The van der Waals surface area contributed by atoms with Crippen LogP contribution in [0.25, 0.3) is 0 Å². The van der Waals surface area contributed by atoms with Gasteiger partial charge in [0.15, 0.2) is 0 Å². The SMILES string of the molecule is Cn1ccnc1CC(=O)CC1(CN)CCCCC1. The number of aryl methyl sites for hydroxylation is 1. The van der Waals surface area contributed by atoms with E-state index in [9.17, 15) is 4.79 Å². The minimum Gasteiger partial charge on any atom is -0.338 e. The van der Waals surface area contributed by atoms with Gasteiger partial charge in [0.1, 0.15) is 11.6 Å². The number of Topliss-reactive ketones (excluding diaryl/α,β-unsaturated/α-hetero) is 1. The molecule has 0 amide bonds. The van der Waals surface area contributed by atoms with Gasteiger partial charge >= 0.3 is 0 Å². The molecule has 18 heavy (non-hydrogen) atoms. The molecule has 0 unspecified atom stereocenters. The molecule has 1 fully saturated rings. The molecule has 0 saturated heterocycles. The first-order valence-electron chi connectivity index (χ1n) is 6.83. The lowest BCUT2D eigenvalue weighted by atomic mass is 9.71. The number of carbonyl (C=O) groups is 1. The van der Waals surface area contributed by atoms with E-state index in [0.29, 0.717) is 19.4 Å². The summed E-state index contributed by atoms with van der Waals surface area (Å²) in [6, 6.07) is 0. The van der Waals surface area contributed by atoms with Gasteiger partial charge < -0.3 is 10.3 Å². The van der Waals surface area contributed by atoms with E-state index < -0.39 is 0 Å². The van der Waals surface area contributed by atoms with Crippen LogP contribution in [0.3, 0.4) is 0 Å². The molecule has 2 rings (SSSR count). The molecule has 1 aliphatic rings. The Morgan fingerprint density at radius 1 is 1.44 bits per heavy atom. The second-order valence-corrected chi connectivity index (χ2v) is 5.61. The van der Waals surface area contributed by atoms with Crippen molar-refractivity contribution in [2.24, 2.45) is 18.2 Å². The molecule has 0 bridgehead atoms. The molecule has 1 heterocycles. The molecule has 1 aromatic heterocycles. The molecule has 4 heteroatoms. The first-order valence-corrected chi connectivity index (χ1v) is 6.83. The minimum atomic E-state index is 0.0699. The highest BCUT2D eigenvalue weighted by molar-refractivity contribution is 5.80. The molecule has 0 spiro atoms. The maximum Gasteiger partial charge on any atom is 0.141 e. The number of aromatic nitrogens is 2. The monoisotopic (exact) mass is 249 g/mol. The predicted octanol–water partition coefficient (Wildman–Crippen LogP) is 1.83. The van der Waals surface area contributed by atoms with Crippen molar-refractivity contribution in [3.8, 4) is 0 Å². The van der Waals surface area contributed by atoms with Crippen LogP contribution in [0.4, 0.5) is 0 Å². The fraction of sp³-hybridized carbons (Fsp3) is 0.714. The standard InChI is InChI=1S/C14H23N3O/c1-17-8-7-16-13(17)9-12(18)10-14(11-15)5-3-2-4-6-14/h7-8H,2-6,9-11,15H2,1H3. The molecule has 0 radical (unpaired) electrons. The summed E-state index contributed by atoms with van der Waals surface area (Å²) in [5.74, 6) is 1.12. The van der Waals surface area contributed by atoms with Crippen LogP contribution >= 0.6 is 0 Å². The predicted molar refractivity (Wildman–Crippen MR) is 71.1 cm³/mol. The lowest BCUT2D eigenvalue weighted by molar-refractivity contribution is -0.121. The minimum absolute atomic E-state index is 0.0699. The van der Waals surface area contributed by atoms with E-state index >= 15 is 0 Å². The Morgan fingerprint density at radius 2 is 2.17 bits per heavy atom. The van der Waals surface area contributed by atoms with Gasteiger partial charge in [-0.2, -0.15) is 0 Å². The summed E-state index contributed by atoms with van der Waals surface area (Å²) in [5.41, 5.74) is 5.99. The third kappa shape index (κ3) is 2.99. The first-order chi connectivity index (χ1) is 8.65.